The summed E-state index contributed by atoms with van der Waals surface area (Å²) in [5.74, 6) is 0.208. The van der Waals surface area contributed by atoms with Gasteiger partial charge in [-0.1, -0.05) is 43.7 Å². The van der Waals surface area contributed by atoms with Gasteiger partial charge in [0.25, 0.3) is 0 Å². The number of unbranched alkanes of at least 4 members (excludes halogenated alkanes) is 1. The van der Waals surface area contributed by atoms with E-state index in [1.807, 2.05) is 31.2 Å². The van der Waals surface area contributed by atoms with Crippen LogP contribution < -0.4 is 10.6 Å². The monoisotopic (exact) mass is 304 g/mol. The lowest BCUT2D eigenvalue weighted by atomic mass is 9.87. The van der Waals surface area contributed by atoms with Crippen LogP contribution in [0.5, 0.6) is 0 Å². The second kappa shape index (κ2) is 9.23. The first-order chi connectivity index (χ1) is 10.4. The van der Waals surface area contributed by atoms with Gasteiger partial charge in [-0.25, -0.2) is 0 Å². The predicted octanol–water partition coefficient (Wildman–Crippen LogP) is 2.77. The van der Waals surface area contributed by atoms with Crippen molar-refractivity contribution in [3.8, 4) is 0 Å². The quantitative estimate of drug-likeness (QED) is 0.726. The van der Waals surface area contributed by atoms with Crippen LogP contribution in [0, 0.1) is 12.8 Å². The molecule has 0 saturated carbocycles. The number of hydrogen-bond acceptors (Lipinski definition) is 2. The normalized spacial score (nSPS) is 12.0. The molecule has 4 heteroatoms. The highest BCUT2D eigenvalue weighted by molar-refractivity contribution is 5.83. The van der Waals surface area contributed by atoms with Crippen LogP contribution in [-0.2, 0) is 9.59 Å². The van der Waals surface area contributed by atoms with Crippen molar-refractivity contribution < 1.29 is 9.59 Å². The number of rotatable bonds is 8. The van der Waals surface area contributed by atoms with E-state index in [2.05, 4.69) is 24.5 Å². The highest BCUT2D eigenvalue weighted by Crippen LogP contribution is 2.24. The summed E-state index contributed by atoms with van der Waals surface area (Å²) in [5.41, 5.74) is 2.26. The van der Waals surface area contributed by atoms with Crippen LogP contribution in [0.2, 0.25) is 0 Å². The Balaban J connectivity index is 2.46. The zero-order valence-electron chi connectivity index (χ0n) is 14.1. The third-order valence-corrected chi connectivity index (χ3v) is 3.66. The van der Waals surface area contributed by atoms with Crippen LogP contribution in [0.3, 0.4) is 0 Å². The Morgan fingerprint density at radius 2 is 1.55 bits per heavy atom. The fraction of sp³-hybridized carbons (Fsp3) is 0.556. The molecule has 1 aromatic carbocycles. The number of benzene rings is 1. The fourth-order valence-electron chi connectivity index (χ4n) is 2.45. The largest absolute Gasteiger partial charge is 0.356 e. The highest BCUT2D eigenvalue weighted by Gasteiger charge is 2.23. The van der Waals surface area contributed by atoms with E-state index in [0.717, 1.165) is 18.4 Å². The Morgan fingerprint density at radius 1 is 1.00 bits per heavy atom. The molecule has 1 aromatic rings. The predicted molar refractivity (Wildman–Crippen MR) is 89.7 cm³/mol. The van der Waals surface area contributed by atoms with Crippen molar-refractivity contribution in [3.63, 3.8) is 0 Å². The zero-order chi connectivity index (χ0) is 16.5. The molecule has 1 rings (SSSR count). The molecule has 2 N–H and O–H groups in total. The Labute approximate surface area is 133 Å². The number of nitrogens with one attached hydrogen (secondary N) is 2. The number of hydrogen-bond donors (Lipinski definition) is 2. The molecule has 0 aliphatic carbocycles. The Kier molecular flexibility index (Phi) is 7.64. The molecule has 0 fully saturated rings. The van der Waals surface area contributed by atoms with Gasteiger partial charge in [0.1, 0.15) is 0 Å². The maximum absolute atomic E-state index is 12.4. The molecule has 0 bridgehead atoms. The summed E-state index contributed by atoms with van der Waals surface area (Å²) in [5, 5.41) is 5.77. The van der Waals surface area contributed by atoms with Crippen LogP contribution >= 0.6 is 0 Å². The molecule has 22 heavy (non-hydrogen) atoms. The minimum Gasteiger partial charge on any atom is -0.356 e. The van der Waals surface area contributed by atoms with E-state index < -0.39 is 0 Å². The third-order valence-electron chi connectivity index (χ3n) is 3.66. The molecule has 0 spiro atoms. The van der Waals surface area contributed by atoms with Crippen molar-refractivity contribution >= 4 is 11.8 Å². The lowest BCUT2D eigenvalue weighted by Crippen LogP contribution is -2.33. The van der Waals surface area contributed by atoms with Crippen molar-refractivity contribution in [1.82, 2.24) is 10.6 Å². The summed E-state index contributed by atoms with van der Waals surface area (Å²) < 4.78 is 0. The Morgan fingerprint density at radius 3 is 2.05 bits per heavy atom. The molecule has 0 radical (unpaired) electrons. The number of aryl methyl sites for hydroxylation is 1. The molecule has 0 saturated heterocycles. The molecular weight excluding hydrogens is 276 g/mol. The maximum atomic E-state index is 12.4. The summed E-state index contributed by atoms with van der Waals surface area (Å²) in [6, 6.07) is 8.17. The molecule has 1 atom stereocenters. The van der Waals surface area contributed by atoms with Crippen LogP contribution in [0.1, 0.15) is 50.7 Å². The van der Waals surface area contributed by atoms with Crippen LogP contribution in [0.4, 0.5) is 0 Å². The van der Waals surface area contributed by atoms with E-state index in [9.17, 15) is 9.59 Å². The molecule has 0 aliphatic rings. The van der Waals surface area contributed by atoms with Crippen LogP contribution in [-0.4, -0.2) is 24.9 Å². The molecule has 0 aromatic heterocycles. The first-order valence-corrected chi connectivity index (χ1v) is 8.00. The lowest BCUT2D eigenvalue weighted by molar-refractivity contribution is -0.123. The van der Waals surface area contributed by atoms with E-state index >= 15 is 0 Å². The number of amides is 2. The lowest BCUT2D eigenvalue weighted by Gasteiger charge is -2.21. The first-order valence-electron chi connectivity index (χ1n) is 8.00. The molecule has 0 aliphatic heterocycles. The zero-order valence-corrected chi connectivity index (χ0v) is 14.1. The second-order valence-corrected chi connectivity index (χ2v) is 6.11. The number of carbonyl (C=O) groups excluding carboxylic acids is 2. The van der Waals surface area contributed by atoms with Gasteiger partial charge in [-0.2, -0.15) is 0 Å². The molecule has 4 nitrogen and oxygen atoms in total. The van der Waals surface area contributed by atoms with Gasteiger partial charge in [0.05, 0.1) is 5.92 Å². The molecule has 2 amide bonds. The average molecular weight is 304 g/mol. The van der Waals surface area contributed by atoms with Gasteiger partial charge < -0.3 is 10.6 Å². The van der Waals surface area contributed by atoms with Crippen molar-refractivity contribution in [1.29, 1.82) is 0 Å². The fourth-order valence-corrected chi connectivity index (χ4v) is 2.45. The topological polar surface area (TPSA) is 58.2 Å². The van der Waals surface area contributed by atoms with Gasteiger partial charge in [0.2, 0.25) is 11.8 Å². The molecule has 1 unspecified atom stereocenters. The van der Waals surface area contributed by atoms with Gasteiger partial charge in [0.15, 0.2) is 0 Å². The smallest absolute Gasteiger partial charge is 0.227 e. The molecule has 122 valence electrons. The van der Waals surface area contributed by atoms with Gasteiger partial charge in [-0.05, 0) is 31.2 Å². The minimum absolute atomic E-state index is 0.0109. The SMILES string of the molecule is CC(=O)NCCCCNC(=O)C(c1ccc(C)cc1)C(C)C. The highest BCUT2D eigenvalue weighted by atomic mass is 16.2. The first kappa shape index (κ1) is 18.2. The van der Waals surface area contributed by atoms with E-state index in [-0.39, 0.29) is 23.7 Å². The third kappa shape index (κ3) is 6.29. The molecule has 0 heterocycles. The van der Waals surface area contributed by atoms with Crippen molar-refractivity contribution in [2.24, 2.45) is 5.92 Å². The van der Waals surface area contributed by atoms with Crippen LogP contribution in [0.25, 0.3) is 0 Å². The summed E-state index contributed by atoms with van der Waals surface area (Å²) in [6.45, 7) is 9.01. The van der Waals surface area contributed by atoms with Crippen molar-refractivity contribution in [3.05, 3.63) is 35.4 Å². The van der Waals surface area contributed by atoms with Crippen molar-refractivity contribution in [2.75, 3.05) is 13.1 Å². The summed E-state index contributed by atoms with van der Waals surface area (Å²) in [4.78, 5) is 23.2. The van der Waals surface area contributed by atoms with E-state index in [1.165, 1.54) is 12.5 Å². The van der Waals surface area contributed by atoms with Gasteiger partial charge >= 0.3 is 0 Å². The summed E-state index contributed by atoms with van der Waals surface area (Å²) >= 11 is 0. The number of carbonyl (C=O) groups is 2. The summed E-state index contributed by atoms with van der Waals surface area (Å²) in [7, 11) is 0. The van der Waals surface area contributed by atoms with Gasteiger partial charge in [-0.3, -0.25) is 9.59 Å². The standard InChI is InChI=1S/C18H28N2O2/c1-13(2)17(16-9-7-14(3)8-10-16)18(22)20-12-6-5-11-19-15(4)21/h7-10,13,17H,5-6,11-12H2,1-4H3,(H,19,21)(H,20,22). The van der Waals surface area contributed by atoms with Gasteiger partial charge in [0, 0.05) is 20.0 Å². The summed E-state index contributed by atoms with van der Waals surface area (Å²) in [6.07, 6.45) is 1.74. The minimum atomic E-state index is -0.115. The van der Waals surface area contributed by atoms with Crippen LogP contribution in [0.15, 0.2) is 24.3 Å². The molecular formula is C18H28N2O2. The van der Waals surface area contributed by atoms with Crippen molar-refractivity contribution in [2.45, 2.75) is 46.5 Å². The van der Waals surface area contributed by atoms with E-state index in [4.69, 9.17) is 0 Å². The second-order valence-electron chi connectivity index (χ2n) is 6.11. The average Bonchev–Trinajstić information content (AvgIpc) is 2.44. The van der Waals surface area contributed by atoms with E-state index in [1.54, 1.807) is 0 Å². The maximum Gasteiger partial charge on any atom is 0.227 e. The van der Waals surface area contributed by atoms with E-state index in [0.29, 0.717) is 13.1 Å². The van der Waals surface area contributed by atoms with Gasteiger partial charge in [-0.15, -0.1) is 0 Å². The Hall–Kier alpha value is -1.84. The Bertz CT molecular complexity index is 480.